The van der Waals surface area contributed by atoms with Crippen LogP contribution in [-0.2, 0) is 10.3 Å². The molecule has 0 spiro atoms. The molecule has 0 aliphatic rings. The maximum atomic E-state index is 6.40. The Balaban J connectivity index is 2.47. The highest BCUT2D eigenvalue weighted by Crippen LogP contribution is 2.45. The standard InChI is InChI=1S/C26H26O/c1-19(2)22-15-9-11-17-24(22)26(27-5,21-13-7-6-8-14-21)25-18-12-10-16-23(25)20(3)4/h6-18H,1,3H2,2,4-5H3. The SMILES string of the molecule is C=C(C)c1ccccc1C(OC)(c1ccccc1)c1ccccc1C(=C)C. The third kappa shape index (κ3) is 3.27. The molecule has 0 saturated carbocycles. The molecule has 136 valence electrons. The number of benzene rings is 3. The average molecular weight is 354 g/mol. The van der Waals surface area contributed by atoms with E-state index in [1.807, 2.05) is 32.0 Å². The van der Waals surface area contributed by atoms with Crippen molar-refractivity contribution in [2.24, 2.45) is 0 Å². The first-order valence-corrected chi connectivity index (χ1v) is 9.13. The van der Waals surface area contributed by atoms with Crippen LogP contribution >= 0.6 is 0 Å². The van der Waals surface area contributed by atoms with Crippen molar-refractivity contribution in [3.05, 3.63) is 120 Å². The minimum atomic E-state index is -0.758. The highest BCUT2D eigenvalue weighted by atomic mass is 16.5. The third-order valence-electron chi connectivity index (χ3n) is 5.02. The molecule has 27 heavy (non-hydrogen) atoms. The van der Waals surface area contributed by atoms with Gasteiger partial charge < -0.3 is 4.74 Å². The summed E-state index contributed by atoms with van der Waals surface area (Å²) in [5.74, 6) is 0. The lowest BCUT2D eigenvalue weighted by Gasteiger charge is -2.37. The number of rotatable bonds is 6. The Kier molecular flexibility index (Phi) is 5.43. The van der Waals surface area contributed by atoms with Crippen LogP contribution in [0, 0.1) is 0 Å². The van der Waals surface area contributed by atoms with E-state index >= 15 is 0 Å². The second kappa shape index (κ2) is 7.77. The van der Waals surface area contributed by atoms with Crippen molar-refractivity contribution in [1.29, 1.82) is 0 Å². The van der Waals surface area contributed by atoms with Gasteiger partial charge >= 0.3 is 0 Å². The molecule has 1 heteroatoms. The van der Waals surface area contributed by atoms with Gasteiger partial charge in [-0.25, -0.2) is 0 Å². The first kappa shape index (κ1) is 18.9. The van der Waals surface area contributed by atoms with Crippen molar-refractivity contribution in [1.82, 2.24) is 0 Å². The summed E-state index contributed by atoms with van der Waals surface area (Å²) in [6, 6.07) is 27.1. The number of ether oxygens (including phenoxy) is 1. The second-order valence-electron chi connectivity index (χ2n) is 6.90. The average Bonchev–Trinajstić information content (AvgIpc) is 2.70. The van der Waals surface area contributed by atoms with E-state index in [-0.39, 0.29) is 0 Å². The van der Waals surface area contributed by atoms with Crippen LogP contribution in [0.15, 0.2) is 92.0 Å². The monoisotopic (exact) mass is 354 g/mol. The fourth-order valence-corrected chi connectivity index (χ4v) is 3.79. The lowest BCUT2D eigenvalue weighted by atomic mass is 9.75. The van der Waals surface area contributed by atoms with E-state index in [9.17, 15) is 0 Å². The van der Waals surface area contributed by atoms with Crippen LogP contribution in [0.2, 0.25) is 0 Å². The lowest BCUT2D eigenvalue weighted by molar-refractivity contribution is 0.0581. The third-order valence-corrected chi connectivity index (χ3v) is 5.02. The number of hydrogen-bond donors (Lipinski definition) is 0. The maximum absolute atomic E-state index is 6.40. The summed E-state index contributed by atoms with van der Waals surface area (Å²) in [7, 11) is 1.78. The van der Waals surface area contributed by atoms with Crippen LogP contribution in [0.25, 0.3) is 11.1 Å². The van der Waals surface area contributed by atoms with Gasteiger partial charge in [-0.1, -0.05) is 103 Å². The van der Waals surface area contributed by atoms with Gasteiger partial charge in [0.15, 0.2) is 0 Å². The van der Waals surface area contributed by atoms with E-state index in [0.717, 1.165) is 39.0 Å². The molecule has 0 aromatic heterocycles. The Labute approximate surface area is 162 Å². The predicted octanol–water partition coefficient (Wildman–Crippen LogP) is 6.69. The van der Waals surface area contributed by atoms with E-state index in [4.69, 9.17) is 4.74 Å². The van der Waals surface area contributed by atoms with E-state index in [1.54, 1.807) is 7.11 Å². The number of allylic oxidation sites excluding steroid dienone is 2. The molecule has 0 radical (unpaired) electrons. The molecular weight excluding hydrogens is 328 g/mol. The van der Waals surface area contributed by atoms with Crippen LogP contribution < -0.4 is 0 Å². The summed E-state index contributed by atoms with van der Waals surface area (Å²) in [5.41, 5.74) is 6.70. The van der Waals surface area contributed by atoms with E-state index in [1.165, 1.54) is 0 Å². The summed E-state index contributed by atoms with van der Waals surface area (Å²) in [4.78, 5) is 0. The molecule has 3 aromatic carbocycles. The molecule has 0 unspecified atom stereocenters. The zero-order chi connectivity index (χ0) is 19.4. The summed E-state index contributed by atoms with van der Waals surface area (Å²) < 4.78 is 6.40. The van der Waals surface area contributed by atoms with Crippen molar-refractivity contribution >= 4 is 11.1 Å². The van der Waals surface area contributed by atoms with Gasteiger partial charge in [-0.05, 0) is 30.5 Å². The molecule has 0 aliphatic heterocycles. The van der Waals surface area contributed by atoms with Crippen LogP contribution in [0.4, 0.5) is 0 Å². The smallest absolute Gasteiger partial charge is 0.144 e. The molecule has 3 rings (SSSR count). The number of methoxy groups -OCH3 is 1. The molecule has 0 bridgehead atoms. The molecule has 0 saturated heterocycles. The zero-order valence-electron chi connectivity index (χ0n) is 16.3. The van der Waals surface area contributed by atoms with Crippen molar-refractivity contribution in [2.75, 3.05) is 7.11 Å². The van der Waals surface area contributed by atoms with Crippen LogP contribution in [0.5, 0.6) is 0 Å². The van der Waals surface area contributed by atoms with Gasteiger partial charge in [-0.15, -0.1) is 0 Å². The Morgan fingerprint density at radius 3 is 1.48 bits per heavy atom. The zero-order valence-corrected chi connectivity index (χ0v) is 16.3. The summed E-state index contributed by atoms with van der Waals surface area (Å²) in [6.07, 6.45) is 0. The number of hydrogen-bond acceptors (Lipinski definition) is 1. The minimum absolute atomic E-state index is 0.758. The highest BCUT2D eigenvalue weighted by molar-refractivity contribution is 5.72. The van der Waals surface area contributed by atoms with E-state index in [2.05, 4.69) is 73.8 Å². The van der Waals surface area contributed by atoms with Crippen molar-refractivity contribution < 1.29 is 4.74 Å². The van der Waals surface area contributed by atoms with Gasteiger partial charge in [0, 0.05) is 18.2 Å². The van der Waals surface area contributed by atoms with Crippen LogP contribution in [0.1, 0.15) is 41.7 Å². The predicted molar refractivity (Wildman–Crippen MR) is 116 cm³/mol. The maximum Gasteiger partial charge on any atom is 0.144 e. The fourth-order valence-electron chi connectivity index (χ4n) is 3.79. The van der Waals surface area contributed by atoms with E-state index < -0.39 is 5.60 Å². The van der Waals surface area contributed by atoms with Gasteiger partial charge in [0.2, 0.25) is 0 Å². The Morgan fingerprint density at radius 2 is 1.07 bits per heavy atom. The molecule has 0 fully saturated rings. The van der Waals surface area contributed by atoms with Gasteiger partial charge in [-0.3, -0.25) is 0 Å². The Morgan fingerprint density at radius 1 is 0.667 bits per heavy atom. The molecule has 0 aliphatic carbocycles. The van der Waals surface area contributed by atoms with Crippen molar-refractivity contribution in [2.45, 2.75) is 19.4 Å². The summed E-state index contributed by atoms with van der Waals surface area (Å²) in [6.45, 7) is 12.5. The topological polar surface area (TPSA) is 9.23 Å². The molecule has 0 amide bonds. The first-order valence-electron chi connectivity index (χ1n) is 9.13. The quantitative estimate of drug-likeness (QED) is 0.448. The van der Waals surface area contributed by atoms with Crippen LogP contribution in [-0.4, -0.2) is 7.11 Å². The Bertz CT molecular complexity index is 909. The minimum Gasteiger partial charge on any atom is -0.364 e. The largest absolute Gasteiger partial charge is 0.364 e. The molecule has 0 heterocycles. The summed E-state index contributed by atoms with van der Waals surface area (Å²) in [5, 5.41) is 0. The molecule has 1 nitrogen and oxygen atoms in total. The van der Waals surface area contributed by atoms with Crippen molar-refractivity contribution in [3.63, 3.8) is 0 Å². The normalized spacial score (nSPS) is 11.2. The highest BCUT2D eigenvalue weighted by Gasteiger charge is 2.39. The van der Waals surface area contributed by atoms with Gasteiger partial charge in [0.1, 0.15) is 5.60 Å². The second-order valence-corrected chi connectivity index (χ2v) is 6.90. The van der Waals surface area contributed by atoms with Gasteiger partial charge in [0.05, 0.1) is 0 Å². The van der Waals surface area contributed by atoms with Gasteiger partial charge in [-0.2, -0.15) is 0 Å². The Hall–Kier alpha value is -2.90. The molecule has 0 N–H and O–H groups in total. The summed E-state index contributed by atoms with van der Waals surface area (Å²) >= 11 is 0. The van der Waals surface area contributed by atoms with Gasteiger partial charge in [0.25, 0.3) is 0 Å². The molecule has 3 aromatic rings. The van der Waals surface area contributed by atoms with Crippen molar-refractivity contribution in [3.8, 4) is 0 Å². The molecular formula is C26H26O. The van der Waals surface area contributed by atoms with Crippen LogP contribution in [0.3, 0.4) is 0 Å². The molecule has 0 atom stereocenters. The fraction of sp³-hybridized carbons (Fsp3) is 0.154. The van der Waals surface area contributed by atoms with E-state index in [0.29, 0.717) is 0 Å². The lowest BCUT2D eigenvalue weighted by Crippen LogP contribution is -2.33. The first-order chi connectivity index (χ1) is 13.0.